The Morgan fingerprint density at radius 3 is 2.55 bits per heavy atom. The maximum atomic E-state index is 3.41. The summed E-state index contributed by atoms with van der Waals surface area (Å²) >= 11 is 0. The van der Waals surface area contributed by atoms with E-state index >= 15 is 0 Å². The van der Waals surface area contributed by atoms with E-state index < -0.39 is 0 Å². The molecule has 1 atom stereocenters. The van der Waals surface area contributed by atoms with Crippen molar-refractivity contribution in [1.82, 2.24) is 10.2 Å². The molecule has 0 aliphatic carbocycles. The van der Waals surface area contributed by atoms with Crippen molar-refractivity contribution in [2.24, 2.45) is 0 Å². The van der Waals surface area contributed by atoms with Crippen LogP contribution in [0.1, 0.15) is 43.7 Å². The number of benzene rings is 1. The summed E-state index contributed by atoms with van der Waals surface area (Å²) in [5.41, 5.74) is 2.91. The molecule has 0 aromatic heterocycles. The van der Waals surface area contributed by atoms with Crippen molar-refractivity contribution >= 4 is 12.4 Å². The van der Waals surface area contributed by atoms with Gasteiger partial charge < -0.3 is 10.2 Å². The molecule has 1 fully saturated rings. The molecule has 0 saturated carbocycles. The first-order valence-corrected chi connectivity index (χ1v) is 7.67. The molecule has 0 spiro atoms. The van der Waals surface area contributed by atoms with E-state index in [1.54, 1.807) is 0 Å². The molecule has 0 amide bonds. The third-order valence-electron chi connectivity index (χ3n) is 4.28. The fourth-order valence-electron chi connectivity index (χ4n) is 2.85. The van der Waals surface area contributed by atoms with Crippen molar-refractivity contribution in [3.8, 4) is 0 Å². The fourth-order valence-corrected chi connectivity index (χ4v) is 2.85. The average molecular weight is 297 g/mol. The average Bonchev–Trinajstić information content (AvgIpc) is 2.46. The highest BCUT2D eigenvalue weighted by atomic mass is 35.5. The lowest BCUT2D eigenvalue weighted by atomic mass is 10.0. The number of nitrogens with one attached hydrogen (secondary N) is 1. The topological polar surface area (TPSA) is 15.3 Å². The van der Waals surface area contributed by atoms with Crippen molar-refractivity contribution in [2.45, 2.75) is 45.1 Å². The van der Waals surface area contributed by atoms with Gasteiger partial charge in [-0.05, 0) is 49.9 Å². The molecule has 2 nitrogen and oxygen atoms in total. The number of nitrogens with zero attached hydrogens (tertiary/aromatic N) is 1. The zero-order valence-corrected chi connectivity index (χ0v) is 13.9. The van der Waals surface area contributed by atoms with Crippen LogP contribution in [0.3, 0.4) is 0 Å². The Morgan fingerprint density at radius 1 is 1.25 bits per heavy atom. The maximum absolute atomic E-state index is 3.41. The zero-order chi connectivity index (χ0) is 13.7. The molecule has 0 radical (unpaired) electrons. The van der Waals surface area contributed by atoms with Gasteiger partial charge in [0.1, 0.15) is 0 Å². The van der Waals surface area contributed by atoms with E-state index in [4.69, 9.17) is 0 Å². The highest BCUT2D eigenvalue weighted by molar-refractivity contribution is 5.85. The molecule has 2 rings (SSSR count). The van der Waals surface area contributed by atoms with Gasteiger partial charge in [-0.1, -0.05) is 38.1 Å². The SMILES string of the molecule is CNC1CCCN(CCc2ccc(C(C)C)cc2)C1.Cl. The van der Waals surface area contributed by atoms with Crippen molar-refractivity contribution in [2.75, 3.05) is 26.7 Å². The van der Waals surface area contributed by atoms with Crippen LogP contribution in [0.4, 0.5) is 0 Å². The molecule has 1 aliphatic rings. The van der Waals surface area contributed by atoms with E-state index in [0.717, 1.165) is 0 Å². The molecule has 1 aromatic carbocycles. The van der Waals surface area contributed by atoms with Crippen LogP contribution in [0.25, 0.3) is 0 Å². The Labute approximate surface area is 130 Å². The Morgan fingerprint density at radius 2 is 1.95 bits per heavy atom. The highest BCUT2D eigenvalue weighted by Gasteiger charge is 2.17. The molecule has 0 bridgehead atoms. The Hall–Kier alpha value is -0.570. The first kappa shape index (κ1) is 17.5. The minimum atomic E-state index is 0. The molecular weight excluding hydrogens is 268 g/mol. The van der Waals surface area contributed by atoms with Crippen LogP contribution in [0.2, 0.25) is 0 Å². The molecule has 1 heterocycles. The van der Waals surface area contributed by atoms with Gasteiger partial charge in [-0.2, -0.15) is 0 Å². The predicted octanol–water partition coefficient (Wildman–Crippen LogP) is 3.46. The maximum Gasteiger partial charge on any atom is 0.0192 e. The minimum Gasteiger partial charge on any atom is -0.316 e. The van der Waals surface area contributed by atoms with Crippen LogP contribution in [-0.4, -0.2) is 37.6 Å². The summed E-state index contributed by atoms with van der Waals surface area (Å²) < 4.78 is 0. The Balaban J connectivity index is 0.00000200. The Bertz CT molecular complexity index is 375. The standard InChI is InChI=1S/C17H28N2.ClH/c1-14(2)16-8-6-15(7-9-16)10-12-19-11-4-5-17(13-19)18-3;/h6-9,14,17-18H,4-5,10-13H2,1-3H3;1H. The summed E-state index contributed by atoms with van der Waals surface area (Å²) in [6.45, 7) is 8.17. The second-order valence-corrected chi connectivity index (χ2v) is 6.07. The van der Waals surface area contributed by atoms with Crippen molar-refractivity contribution in [3.05, 3.63) is 35.4 Å². The van der Waals surface area contributed by atoms with E-state index in [2.05, 4.69) is 55.4 Å². The first-order chi connectivity index (χ1) is 9.19. The largest absolute Gasteiger partial charge is 0.316 e. The lowest BCUT2D eigenvalue weighted by molar-refractivity contribution is 0.197. The second-order valence-electron chi connectivity index (χ2n) is 6.07. The van der Waals surface area contributed by atoms with E-state index in [1.165, 1.54) is 50.0 Å². The van der Waals surface area contributed by atoms with Crippen LogP contribution in [-0.2, 0) is 6.42 Å². The summed E-state index contributed by atoms with van der Waals surface area (Å²) in [6, 6.07) is 9.86. The van der Waals surface area contributed by atoms with Crippen LogP contribution < -0.4 is 5.32 Å². The summed E-state index contributed by atoms with van der Waals surface area (Å²) in [5, 5.41) is 3.41. The molecule has 3 heteroatoms. The molecule has 114 valence electrons. The van der Waals surface area contributed by atoms with Gasteiger partial charge in [-0.25, -0.2) is 0 Å². The molecule has 1 N–H and O–H groups in total. The number of rotatable bonds is 5. The summed E-state index contributed by atoms with van der Waals surface area (Å²) in [5.74, 6) is 0.632. The van der Waals surface area contributed by atoms with E-state index in [9.17, 15) is 0 Å². The normalized spacial score (nSPS) is 19.9. The second kappa shape index (κ2) is 8.66. The van der Waals surface area contributed by atoms with Crippen LogP contribution in [0, 0.1) is 0 Å². The summed E-state index contributed by atoms with van der Waals surface area (Å²) in [7, 11) is 2.08. The van der Waals surface area contributed by atoms with Gasteiger partial charge in [-0.3, -0.25) is 0 Å². The van der Waals surface area contributed by atoms with Gasteiger partial charge in [0.2, 0.25) is 0 Å². The van der Waals surface area contributed by atoms with Gasteiger partial charge in [0.05, 0.1) is 0 Å². The first-order valence-electron chi connectivity index (χ1n) is 7.67. The van der Waals surface area contributed by atoms with E-state index in [0.29, 0.717) is 12.0 Å². The van der Waals surface area contributed by atoms with Gasteiger partial charge in [0.15, 0.2) is 0 Å². The number of likely N-dealkylation sites (N-methyl/N-ethyl adjacent to an activating group) is 1. The summed E-state index contributed by atoms with van der Waals surface area (Å²) in [6.07, 6.45) is 3.84. The van der Waals surface area contributed by atoms with Crippen molar-refractivity contribution in [3.63, 3.8) is 0 Å². The van der Waals surface area contributed by atoms with Gasteiger partial charge in [-0.15, -0.1) is 12.4 Å². The quantitative estimate of drug-likeness (QED) is 0.895. The molecule has 1 aromatic rings. The molecule has 1 aliphatic heterocycles. The van der Waals surface area contributed by atoms with Gasteiger partial charge >= 0.3 is 0 Å². The van der Waals surface area contributed by atoms with Gasteiger partial charge in [0, 0.05) is 19.1 Å². The third kappa shape index (κ3) is 5.08. The number of hydrogen-bond donors (Lipinski definition) is 1. The smallest absolute Gasteiger partial charge is 0.0192 e. The summed E-state index contributed by atoms with van der Waals surface area (Å²) in [4.78, 5) is 2.60. The van der Waals surface area contributed by atoms with Crippen molar-refractivity contribution < 1.29 is 0 Å². The predicted molar refractivity (Wildman–Crippen MR) is 90.0 cm³/mol. The fraction of sp³-hybridized carbons (Fsp3) is 0.647. The Kier molecular flexibility index (Phi) is 7.57. The lowest BCUT2D eigenvalue weighted by Crippen LogP contribution is -2.44. The monoisotopic (exact) mass is 296 g/mol. The number of piperidine rings is 1. The molecule has 1 saturated heterocycles. The number of likely N-dealkylation sites (tertiary alicyclic amines) is 1. The third-order valence-corrected chi connectivity index (χ3v) is 4.28. The zero-order valence-electron chi connectivity index (χ0n) is 13.1. The van der Waals surface area contributed by atoms with Crippen LogP contribution in [0.15, 0.2) is 24.3 Å². The molecular formula is C17H29ClN2. The van der Waals surface area contributed by atoms with Crippen molar-refractivity contribution in [1.29, 1.82) is 0 Å². The number of hydrogen-bond acceptors (Lipinski definition) is 2. The minimum absolute atomic E-state index is 0. The lowest BCUT2D eigenvalue weighted by Gasteiger charge is -2.32. The van der Waals surface area contributed by atoms with Crippen LogP contribution in [0.5, 0.6) is 0 Å². The van der Waals surface area contributed by atoms with Crippen LogP contribution >= 0.6 is 12.4 Å². The highest BCUT2D eigenvalue weighted by Crippen LogP contribution is 2.16. The van der Waals surface area contributed by atoms with E-state index in [1.807, 2.05) is 0 Å². The molecule has 20 heavy (non-hydrogen) atoms. The number of halogens is 1. The van der Waals surface area contributed by atoms with E-state index in [-0.39, 0.29) is 12.4 Å². The molecule has 1 unspecified atom stereocenters. The van der Waals surface area contributed by atoms with Gasteiger partial charge in [0.25, 0.3) is 0 Å².